The van der Waals surface area contributed by atoms with Crippen LogP contribution in [0.4, 0.5) is 0 Å². The molecule has 0 bridgehead atoms. The maximum atomic E-state index is 11.9. The monoisotopic (exact) mass is 257 g/mol. The standard InChI is InChI=1S/C8H16ClNO2S2/c1-7-6-10(3-4-13-7)14(11,12)8(2)5-9/h7-8H,3-6H2,1-2H3. The summed E-state index contributed by atoms with van der Waals surface area (Å²) in [5, 5.41) is -0.0829. The van der Waals surface area contributed by atoms with Crippen molar-refractivity contribution in [1.29, 1.82) is 0 Å². The molecule has 2 atom stereocenters. The lowest BCUT2D eigenvalue weighted by molar-refractivity contribution is 0.419. The van der Waals surface area contributed by atoms with Crippen molar-refractivity contribution >= 4 is 33.4 Å². The summed E-state index contributed by atoms with van der Waals surface area (Å²) in [6, 6.07) is 0. The van der Waals surface area contributed by atoms with Gasteiger partial charge >= 0.3 is 0 Å². The maximum Gasteiger partial charge on any atom is 0.217 e. The molecule has 1 aliphatic rings. The highest BCUT2D eigenvalue weighted by molar-refractivity contribution is 8.00. The molecule has 3 nitrogen and oxygen atoms in total. The highest BCUT2D eigenvalue weighted by Crippen LogP contribution is 2.22. The van der Waals surface area contributed by atoms with Crippen LogP contribution in [0.3, 0.4) is 0 Å². The summed E-state index contributed by atoms with van der Waals surface area (Å²) in [4.78, 5) is 0. The molecule has 1 heterocycles. The van der Waals surface area contributed by atoms with Crippen molar-refractivity contribution in [2.24, 2.45) is 0 Å². The van der Waals surface area contributed by atoms with Gasteiger partial charge in [0, 0.05) is 30.0 Å². The molecule has 1 saturated heterocycles. The molecule has 6 heteroatoms. The quantitative estimate of drug-likeness (QED) is 0.717. The third-order valence-corrected chi connectivity index (χ3v) is 6.31. The van der Waals surface area contributed by atoms with E-state index in [1.165, 1.54) is 0 Å². The summed E-state index contributed by atoms with van der Waals surface area (Å²) in [5.41, 5.74) is 0. The van der Waals surface area contributed by atoms with E-state index >= 15 is 0 Å². The first-order valence-corrected chi connectivity index (χ1v) is 7.73. The van der Waals surface area contributed by atoms with E-state index in [9.17, 15) is 8.42 Å². The maximum absolute atomic E-state index is 11.9. The van der Waals surface area contributed by atoms with Crippen molar-refractivity contribution in [2.45, 2.75) is 24.3 Å². The summed E-state index contributed by atoms with van der Waals surface area (Å²) < 4.78 is 25.4. The second kappa shape index (κ2) is 5.05. The van der Waals surface area contributed by atoms with Gasteiger partial charge in [-0.25, -0.2) is 8.42 Å². The van der Waals surface area contributed by atoms with Crippen LogP contribution in [0.5, 0.6) is 0 Å². The van der Waals surface area contributed by atoms with Crippen LogP contribution in [-0.2, 0) is 10.0 Å². The molecule has 0 saturated carbocycles. The Morgan fingerprint density at radius 1 is 1.64 bits per heavy atom. The van der Waals surface area contributed by atoms with Gasteiger partial charge < -0.3 is 0 Å². The number of hydrogen-bond donors (Lipinski definition) is 0. The van der Waals surface area contributed by atoms with E-state index in [4.69, 9.17) is 11.6 Å². The van der Waals surface area contributed by atoms with Gasteiger partial charge in [-0.15, -0.1) is 11.6 Å². The largest absolute Gasteiger partial charge is 0.217 e. The van der Waals surface area contributed by atoms with Crippen molar-refractivity contribution in [2.75, 3.05) is 24.7 Å². The van der Waals surface area contributed by atoms with Crippen LogP contribution < -0.4 is 0 Å². The number of thioether (sulfide) groups is 1. The molecule has 0 aromatic carbocycles. The molecule has 0 aliphatic carbocycles. The van der Waals surface area contributed by atoms with E-state index in [0.29, 0.717) is 18.3 Å². The summed E-state index contributed by atoms with van der Waals surface area (Å²) >= 11 is 7.40. The number of sulfonamides is 1. The number of nitrogens with zero attached hydrogens (tertiary/aromatic N) is 1. The van der Waals surface area contributed by atoms with Crippen LogP contribution in [0.1, 0.15) is 13.8 Å². The minimum absolute atomic E-state index is 0.167. The molecule has 1 fully saturated rings. The molecule has 84 valence electrons. The van der Waals surface area contributed by atoms with E-state index in [0.717, 1.165) is 5.75 Å². The third kappa shape index (κ3) is 2.78. The molecular formula is C8H16ClNO2S2. The van der Waals surface area contributed by atoms with Gasteiger partial charge in [-0.2, -0.15) is 16.1 Å². The average molecular weight is 258 g/mol. The van der Waals surface area contributed by atoms with Crippen molar-refractivity contribution in [3.8, 4) is 0 Å². The van der Waals surface area contributed by atoms with Gasteiger partial charge in [0.1, 0.15) is 0 Å². The average Bonchev–Trinajstić information content (AvgIpc) is 2.16. The van der Waals surface area contributed by atoms with Crippen LogP contribution in [0, 0.1) is 0 Å². The Morgan fingerprint density at radius 2 is 2.29 bits per heavy atom. The fraction of sp³-hybridized carbons (Fsp3) is 1.00. The molecule has 0 radical (unpaired) electrons. The normalized spacial score (nSPS) is 27.5. The van der Waals surface area contributed by atoms with Gasteiger partial charge in [0.15, 0.2) is 0 Å². The minimum atomic E-state index is -3.16. The SMILES string of the molecule is CC1CN(S(=O)(=O)C(C)CCl)CCS1. The molecule has 0 aromatic heterocycles. The molecule has 0 N–H and O–H groups in total. The molecule has 1 rings (SSSR count). The number of halogens is 1. The van der Waals surface area contributed by atoms with E-state index in [1.54, 1.807) is 11.2 Å². The van der Waals surface area contributed by atoms with Crippen LogP contribution in [-0.4, -0.2) is 47.9 Å². The lowest BCUT2D eigenvalue weighted by atomic mass is 10.4. The molecular weight excluding hydrogens is 242 g/mol. The summed E-state index contributed by atoms with van der Waals surface area (Å²) in [5.74, 6) is 1.05. The Balaban J connectivity index is 2.72. The predicted octanol–water partition coefficient (Wildman–Crippen LogP) is 1.38. The van der Waals surface area contributed by atoms with Gasteiger partial charge in [-0.1, -0.05) is 6.92 Å². The van der Waals surface area contributed by atoms with Crippen molar-refractivity contribution in [1.82, 2.24) is 4.31 Å². The van der Waals surface area contributed by atoms with E-state index in [2.05, 4.69) is 6.92 Å². The molecule has 1 aliphatic heterocycles. The van der Waals surface area contributed by atoms with Gasteiger partial charge in [0.05, 0.1) is 5.25 Å². The second-order valence-electron chi connectivity index (χ2n) is 3.55. The molecule has 0 aromatic rings. The van der Waals surface area contributed by atoms with Crippen LogP contribution in [0.2, 0.25) is 0 Å². The zero-order chi connectivity index (χ0) is 10.8. The van der Waals surface area contributed by atoms with Gasteiger partial charge in [0.25, 0.3) is 0 Å². The Kier molecular flexibility index (Phi) is 4.56. The van der Waals surface area contributed by atoms with Crippen LogP contribution >= 0.6 is 23.4 Å². The Bertz CT molecular complexity index is 281. The highest BCUT2D eigenvalue weighted by atomic mass is 35.5. The smallest absolute Gasteiger partial charge is 0.212 e. The Labute approximate surface area is 95.2 Å². The lowest BCUT2D eigenvalue weighted by Crippen LogP contribution is -2.45. The summed E-state index contributed by atoms with van der Waals surface area (Å²) in [6.07, 6.45) is 0. The van der Waals surface area contributed by atoms with E-state index < -0.39 is 15.3 Å². The fourth-order valence-corrected chi connectivity index (χ4v) is 4.50. The zero-order valence-electron chi connectivity index (χ0n) is 8.44. The van der Waals surface area contributed by atoms with Gasteiger partial charge in [-0.3, -0.25) is 0 Å². The Hall–Kier alpha value is 0.550. The van der Waals surface area contributed by atoms with Gasteiger partial charge in [-0.05, 0) is 6.92 Å². The molecule has 0 amide bonds. The molecule has 14 heavy (non-hydrogen) atoms. The van der Waals surface area contributed by atoms with Crippen LogP contribution in [0.15, 0.2) is 0 Å². The first kappa shape index (κ1) is 12.6. The third-order valence-electron chi connectivity index (χ3n) is 2.29. The highest BCUT2D eigenvalue weighted by Gasteiger charge is 2.31. The minimum Gasteiger partial charge on any atom is -0.212 e. The van der Waals surface area contributed by atoms with E-state index in [1.807, 2.05) is 11.8 Å². The number of alkyl halides is 1. The summed E-state index contributed by atoms with van der Waals surface area (Å²) in [7, 11) is -3.16. The lowest BCUT2D eigenvalue weighted by Gasteiger charge is -2.31. The number of rotatable bonds is 3. The van der Waals surface area contributed by atoms with E-state index in [-0.39, 0.29) is 5.88 Å². The van der Waals surface area contributed by atoms with Crippen LogP contribution in [0.25, 0.3) is 0 Å². The fourth-order valence-electron chi connectivity index (χ4n) is 1.35. The molecule has 0 spiro atoms. The summed E-state index contributed by atoms with van der Waals surface area (Å²) in [6.45, 7) is 4.96. The van der Waals surface area contributed by atoms with Crippen molar-refractivity contribution < 1.29 is 8.42 Å². The van der Waals surface area contributed by atoms with Crippen molar-refractivity contribution in [3.05, 3.63) is 0 Å². The van der Waals surface area contributed by atoms with Gasteiger partial charge in [0.2, 0.25) is 10.0 Å². The molecule has 2 unspecified atom stereocenters. The first-order valence-electron chi connectivity index (χ1n) is 4.65. The second-order valence-corrected chi connectivity index (χ2v) is 7.76. The first-order chi connectivity index (χ1) is 6.48. The topological polar surface area (TPSA) is 37.4 Å². The Morgan fingerprint density at radius 3 is 2.79 bits per heavy atom. The zero-order valence-corrected chi connectivity index (χ0v) is 10.8. The van der Waals surface area contributed by atoms with Crippen molar-refractivity contribution in [3.63, 3.8) is 0 Å². The number of hydrogen-bond acceptors (Lipinski definition) is 3. The predicted molar refractivity (Wildman–Crippen MR) is 62.6 cm³/mol.